The van der Waals surface area contributed by atoms with Crippen LogP contribution in [-0.2, 0) is 9.53 Å². The van der Waals surface area contributed by atoms with E-state index < -0.39 is 73.4 Å². The summed E-state index contributed by atoms with van der Waals surface area (Å²) in [5.74, 6) is -1.87. The fourth-order valence-electron chi connectivity index (χ4n) is 4.80. The predicted molar refractivity (Wildman–Crippen MR) is 141 cm³/mol. The quantitative estimate of drug-likeness (QED) is 0.0497. The fourth-order valence-corrected chi connectivity index (χ4v) is 4.80. The Morgan fingerprint density at radius 1 is 0.925 bits per heavy atom. The van der Waals surface area contributed by atoms with E-state index >= 15 is 0 Å². The molecule has 0 amide bonds. The van der Waals surface area contributed by atoms with E-state index in [2.05, 4.69) is 0 Å². The minimum atomic E-state index is -1.68. The maximum absolute atomic E-state index is 10.6. The molecule has 0 radical (unpaired) electrons. The number of ether oxygens (including phenoxy) is 1. The smallest absolute Gasteiger partial charge is 0.550 e. The van der Waals surface area contributed by atoms with Crippen molar-refractivity contribution in [1.29, 1.82) is 0 Å². The largest absolute Gasteiger partial charge is 1.00 e. The number of hydrogen-bond acceptors (Lipinski definition) is 11. The average Bonchev–Trinajstić information content (AvgIpc) is 2.84. The van der Waals surface area contributed by atoms with Crippen LogP contribution in [0, 0.1) is 5.92 Å². The van der Waals surface area contributed by atoms with Crippen molar-refractivity contribution < 1.29 is 85.0 Å². The fraction of sp³-hybridized carbons (Fsp3) is 0.750. The van der Waals surface area contributed by atoms with Gasteiger partial charge in [-0.15, -0.1) is 0 Å². The first kappa shape index (κ1) is 39.3. The van der Waals surface area contributed by atoms with Gasteiger partial charge in [0.05, 0.1) is 36.6 Å². The van der Waals surface area contributed by atoms with Crippen LogP contribution in [0.1, 0.15) is 66.2 Å². The third kappa shape index (κ3) is 13.5. The molecule has 0 spiro atoms. The first-order valence-electron chi connectivity index (χ1n) is 13.4. The van der Waals surface area contributed by atoms with Gasteiger partial charge >= 0.3 is 29.6 Å². The Kier molecular flexibility index (Phi) is 19.2. The van der Waals surface area contributed by atoms with Crippen LogP contribution in [0.2, 0.25) is 0 Å². The minimum absolute atomic E-state index is 0. The van der Waals surface area contributed by atoms with Crippen molar-refractivity contribution in [2.75, 3.05) is 0 Å². The summed E-state index contributed by atoms with van der Waals surface area (Å²) in [7, 11) is 0. The first-order chi connectivity index (χ1) is 18.2. The SMILES string of the molecule is C/C=C/C(C)=C/CCC(O)C(O)CC1OC(C/C(C)=C/[C@@H](C)C[C@H](O)[C@@H](O)[C@H](O)CC(=O)[O-])C(O)C(O)C1O.[Na+]. The molecule has 1 aliphatic rings. The number of carbonyl (C=O) groups is 1. The predicted octanol–water partition coefficient (Wildman–Crippen LogP) is -4.16. The molecule has 0 bridgehead atoms. The van der Waals surface area contributed by atoms with E-state index in [0.717, 1.165) is 5.57 Å². The van der Waals surface area contributed by atoms with Crippen molar-refractivity contribution >= 4 is 5.97 Å². The molecule has 0 saturated carbocycles. The molecule has 8 N–H and O–H groups in total. The molecule has 1 fully saturated rings. The van der Waals surface area contributed by atoms with E-state index in [0.29, 0.717) is 12.0 Å². The summed E-state index contributed by atoms with van der Waals surface area (Å²) >= 11 is 0. The van der Waals surface area contributed by atoms with Gasteiger partial charge in [-0.25, -0.2) is 0 Å². The molecule has 12 heteroatoms. The van der Waals surface area contributed by atoms with E-state index in [1.54, 1.807) is 19.9 Å². The third-order valence-corrected chi connectivity index (χ3v) is 6.96. The molecule has 11 atom stereocenters. The van der Waals surface area contributed by atoms with Crippen molar-refractivity contribution in [3.8, 4) is 0 Å². The van der Waals surface area contributed by atoms with Crippen LogP contribution in [-0.4, -0.2) is 108 Å². The normalized spacial score (nSPS) is 28.9. The number of carboxylic acids is 1. The molecule has 1 saturated heterocycles. The Morgan fingerprint density at radius 3 is 2.10 bits per heavy atom. The minimum Gasteiger partial charge on any atom is -0.550 e. The molecular weight excluding hydrogens is 535 g/mol. The maximum atomic E-state index is 10.6. The summed E-state index contributed by atoms with van der Waals surface area (Å²) in [6, 6.07) is 0. The molecule has 40 heavy (non-hydrogen) atoms. The van der Waals surface area contributed by atoms with Gasteiger partial charge < -0.3 is 55.5 Å². The van der Waals surface area contributed by atoms with Crippen LogP contribution in [0.3, 0.4) is 0 Å². The molecule has 1 rings (SSSR count). The number of carbonyl (C=O) groups excluding carboxylic acids is 1. The van der Waals surface area contributed by atoms with E-state index in [1.807, 2.05) is 32.1 Å². The molecule has 1 aliphatic heterocycles. The van der Waals surface area contributed by atoms with Crippen LogP contribution in [0.5, 0.6) is 0 Å². The molecule has 7 unspecified atom stereocenters. The topological polar surface area (TPSA) is 211 Å². The van der Waals surface area contributed by atoms with E-state index in [1.165, 1.54) is 0 Å². The molecular formula is C28H47NaO11. The van der Waals surface area contributed by atoms with Crippen LogP contribution < -0.4 is 34.7 Å². The number of rotatable bonds is 16. The van der Waals surface area contributed by atoms with Gasteiger partial charge in [0.1, 0.15) is 24.4 Å². The number of aliphatic hydroxyl groups excluding tert-OH is 8. The third-order valence-electron chi connectivity index (χ3n) is 6.96. The zero-order chi connectivity index (χ0) is 29.9. The van der Waals surface area contributed by atoms with Crippen LogP contribution >= 0.6 is 0 Å². The number of allylic oxidation sites excluding steroid dienone is 5. The summed E-state index contributed by atoms with van der Waals surface area (Å²) in [6.45, 7) is 7.29. The number of hydrogen-bond donors (Lipinski definition) is 8. The van der Waals surface area contributed by atoms with Gasteiger partial charge in [0.2, 0.25) is 0 Å². The van der Waals surface area contributed by atoms with Gasteiger partial charge in [0, 0.05) is 18.8 Å². The average molecular weight is 583 g/mol. The van der Waals surface area contributed by atoms with Gasteiger partial charge in [-0.05, 0) is 52.4 Å². The Hall–Kier alpha value is -0.670. The van der Waals surface area contributed by atoms with Gasteiger partial charge in [0.25, 0.3) is 0 Å². The van der Waals surface area contributed by atoms with Gasteiger partial charge in [-0.2, -0.15) is 0 Å². The molecule has 1 heterocycles. The summed E-state index contributed by atoms with van der Waals surface area (Å²) in [5, 5.41) is 92.5. The van der Waals surface area contributed by atoms with Crippen molar-refractivity contribution in [2.24, 2.45) is 5.92 Å². The van der Waals surface area contributed by atoms with Crippen LogP contribution in [0.25, 0.3) is 0 Å². The standard InChI is InChI=1S/C28H48O11.Na/c1-5-7-15(2)8-6-9-18(29)19(30)13-23-27(37)28(38)26(36)22(39-23)12-17(4)10-16(3)11-20(31)25(35)21(32)14-24(33)34;/h5,7-8,10,16,18-23,25-32,35-38H,6,9,11-14H2,1-4H3,(H,33,34);/q;+1/p-1/b7-5+,15-8+,17-10+;/t16-,18?,19?,20+,21-,22?,23?,25-,26?,27?,28?;/m1./s1. The Morgan fingerprint density at radius 2 is 1.52 bits per heavy atom. The summed E-state index contributed by atoms with van der Waals surface area (Å²) in [5.41, 5.74) is 1.73. The van der Waals surface area contributed by atoms with Crippen molar-refractivity contribution in [3.05, 3.63) is 35.5 Å². The van der Waals surface area contributed by atoms with Crippen molar-refractivity contribution in [1.82, 2.24) is 0 Å². The van der Waals surface area contributed by atoms with Gasteiger partial charge in [-0.3, -0.25) is 0 Å². The van der Waals surface area contributed by atoms with Gasteiger partial charge in [-0.1, -0.05) is 42.4 Å². The first-order valence-corrected chi connectivity index (χ1v) is 13.4. The van der Waals surface area contributed by atoms with E-state index in [9.17, 15) is 50.8 Å². The molecule has 0 aromatic heterocycles. The van der Waals surface area contributed by atoms with E-state index in [4.69, 9.17) is 4.74 Å². The Balaban J connectivity index is 0.0000152. The van der Waals surface area contributed by atoms with Crippen molar-refractivity contribution in [2.45, 2.75) is 127 Å². The Labute approximate surface area is 258 Å². The molecule has 0 aromatic rings. The molecule has 11 nitrogen and oxygen atoms in total. The summed E-state index contributed by atoms with van der Waals surface area (Å²) in [4.78, 5) is 10.6. The number of aliphatic hydroxyl groups is 8. The second-order valence-corrected chi connectivity index (χ2v) is 10.7. The maximum Gasteiger partial charge on any atom is 1.00 e. The summed E-state index contributed by atoms with van der Waals surface area (Å²) < 4.78 is 5.84. The Bertz CT molecular complexity index is 833. The van der Waals surface area contributed by atoms with Crippen molar-refractivity contribution in [3.63, 3.8) is 0 Å². The zero-order valence-electron chi connectivity index (χ0n) is 24.2. The number of carboxylic acid groups (broad SMARTS) is 1. The van der Waals surface area contributed by atoms with E-state index in [-0.39, 0.29) is 61.2 Å². The molecule has 0 aromatic carbocycles. The molecule has 226 valence electrons. The second-order valence-electron chi connectivity index (χ2n) is 10.7. The van der Waals surface area contributed by atoms with Crippen LogP contribution in [0.15, 0.2) is 35.5 Å². The number of aliphatic carboxylic acids is 1. The second kappa shape index (κ2) is 19.5. The molecule has 0 aliphatic carbocycles. The van der Waals surface area contributed by atoms with Crippen LogP contribution in [0.4, 0.5) is 0 Å². The zero-order valence-corrected chi connectivity index (χ0v) is 26.2. The van der Waals surface area contributed by atoms with Gasteiger partial charge in [0.15, 0.2) is 0 Å². The monoisotopic (exact) mass is 582 g/mol. The summed E-state index contributed by atoms with van der Waals surface area (Å²) in [6.07, 6.45) is -5.90.